The largest absolute Gasteiger partial charge is 0.484 e. The van der Waals surface area contributed by atoms with Gasteiger partial charge in [0.25, 0.3) is 5.91 Å². The van der Waals surface area contributed by atoms with Crippen molar-refractivity contribution in [2.45, 2.75) is 20.8 Å². The summed E-state index contributed by atoms with van der Waals surface area (Å²) < 4.78 is 7.13. The second kappa shape index (κ2) is 6.43. The van der Waals surface area contributed by atoms with Gasteiger partial charge >= 0.3 is 0 Å². The van der Waals surface area contributed by atoms with Gasteiger partial charge in [0, 0.05) is 12.6 Å². The van der Waals surface area contributed by atoms with Gasteiger partial charge in [-0.25, -0.2) is 0 Å². The Morgan fingerprint density at radius 1 is 1.23 bits per heavy atom. The maximum absolute atomic E-state index is 11.9. The van der Waals surface area contributed by atoms with Crippen LogP contribution in [0.1, 0.15) is 28.7 Å². The van der Waals surface area contributed by atoms with Crippen molar-refractivity contribution < 1.29 is 14.3 Å². The molecule has 1 aromatic heterocycles. The Hall–Kier alpha value is -2.63. The molecule has 0 aliphatic carbocycles. The SMILES string of the molecule is CC(=O)c1ccc(OCC(=O)Nc2c(C)nn(C)c2C)cc1. The third-order valence-corrected chi connectivity index (χ3v) is 3.40. The number of carbonyl (C=O) groups is 2. The van der Waals surface area contributed by atoms with Crippen LogP contribution in [0.4, 0.5) is 5.69 Å². The summed E-state index contributed by atoms with van der Waals surface area (Å²) in [7, 11) is 1.82. The zero-order chi connectivity index (χ0) is 16.3. The van der Waals surface area contributed by atoms with Crippen LogP contribution in [0.2, 0.25) is 0 Å². The molecule has 0 saturated carbocycles. The molecule has 0 aliphatic rings. The van der Waals surface area contributed by atoms with Gasteiger partial charge in [-0.05, 0) is 45.0 Å². The number of nitrogens with one attached hydrogen (secondary N) is 1. The van der Waals surface area contributed by atoms with Crippen molar-refractivity contribution >= 4 is 17.4 Å². The Balaban J connectivity index is 1.94. The lowest BCUT2D eigenvalue weighted by Gasteiger charge is -2.08. The van der Waals surface area contributed by atoms with Gasteiger partial charge in [-0.1, -0.05) is 0 Å². The molecule has 6 heteroatoms. The van der Waals surface area contributed by atoms with Crippen molar-refractivity contribution in [1.82, 2.24) is 9.78 Å². The van der Waals surface area contributed by atoms with E-state index < -0.39 is 0 Å². The number of ketones is 1. The fourth-order valence-corrected chi connectivity index (χ4v) is 2.06. The first-order valence-corrected chi connectivity index (χ1v) is 6.92. The molecule has 2 rings (SSSR count). The number of ether oxygens (including phenoxy) is 1. The van der Waals surface area contributed by atoms with Gasteiger partial charge in [0.05, 0.1) is 17.1 Å². The average molecular weight is 301 g/mol. The van der Waals surface area contributed by atoms with Gasteiger partial charge in [0.15, 0.2) is 12.4 Å². The number of nitrogens with zero attached hydrogens (tertiary/aromatic N) is 2. The van der Waals surface area contributed by atoms with Crippen molar-refractivity contribution in [3.8, 4) is 5.75 Å². The molecule has 0 spiro atoms. The monoisotopic (exact) mass is 301 g/mol. The van der Waals surface area contributed by atoms with Crippen molar-refractivity contribution in [3.63, 3.8) is 0 Å². The first-order valence-electron chi connectivity index (χ1n) is 6.92. The van der Waals surface area contributed by atoms with E-state index in [2.05, 4.69) is 10.4 Å². The zero-order valence-electron chi connectivity index (χ0n) is 13.1. The van der Waals surface area contributed by atoms with Crippen LogP contribution in [0.5, 0.6) is 5.75 Å². The van der Waals surface area contributed by atoms with E-state index in [1.54, 1.807) is 28.9 Å². The molecule has 6 nitrogen and oxygen atoms in total. The molecule has 2 aromatic rings. The van der Waals surface area contributed by atoms with Crippen LogP contribution in [-0.4, -0.2) is 28.1 Å². The highest BCUT2D eigenvalue weighted by molar-refractivity contribution is 5.94. The Kier molecular flexibility index (Phi) is 4.60. The maximum Gasteiger partial charge on any atom is 0.262 e. The number of anilines is 1. The maximum atomic E-state index is 11.9. The number of hydrogen-bond donors (Lipinski definition) is 1. The minimum Gasteiger partial charge on any atom is -0.484 e. The predicted octanol–water partition coefficient (Wildman–Crippen LogP) is 2.26. The van der Waals surface area contributed by atoms with E-state index in [1.807, 2.05) is 20.9 Å². The number of rotatable bonds is 5. The van der Waals surface area contributed by atoms with Crippen LogP contribution >= 0.6 is 0 Å². The van der Waals surface area contributed by atoms with Gasteiger partial charge in [0.2, 0.25) is 0 Å². The molecule has 1 N–H and O–H groups in total. The van der Waals surface area contributed by atoms with Crippen LogP contribution in [0, 0.1) is 13.8 Å². The molecule has 0 fully saturated rings. The molecular formula is C16H19N3O3. The van der Waals surface area contributed by atoms with Crippen molar-refractivity contribution in [2.24, 2.45) is 7.05 Å². The highest BCUT2D eigenvalue weighted by atomic mass is 16.5. The molecule has 22 heavy (non-hydrogen) atoms. The topological polar surface area (TPSA) is 73.2 Å². The molecule has 0 saturated heterocycles. The van der Waals surface area contributed by atoms with E-state index in [4.69, 9.17) is 4.74 Å². The van der Waals surface area contributed by atoms with Gasteiger partial charge in [-0.2, -0.15) is 5.10 Å². The highest BCUT2D eigenvalue weighted by Gasteiger charge is 2.12. The van der Waals surface area contributed by atoms with E-state index in [0.717, 1.165) is 11.4 Å². The Bertz CT molecular complexity index is 702. The summed E-state index contributed by atoms with van der Waals surface area (Å²) in [5.41, 5.74) is 2.97. The second-order valence-electron chi connectivity index (χ2n) is 5.09. The summed E-state index contributed by atoms with van der Waals surface area (Å²) in [6, 6.07) is 6.69. The number of amides is 1. The Morgan fingerprint density at radius 3 is 2.36 bits per heavy atom. The summed E-state index contributed by atoms with van der Waals surface area (Å²) in [4.78, 5) is 23.1. The van der Waals surface area contributed by atoms with Crippen LogP contribution in [-0.2, 0) is 11.8 Å². The second-order valence-corrected chi connectivity index (χ2v) is 5.09. The molecule has 0 bridgehead atoms. The van der Waals surface area contributed by atoms with Crippen molar-refractivity contribution in [2.75, 3.05) is 11.9 Å². The molecule has 0 radical (unpaired) electrons. The van der Waals surface area contributed by atoms with Gasteiger partial charge in [0.1, 0.15) is 5.75 Å². The predicted molar refractivity (Wildman–Crippen MR) is 83.3 cm³/mol. The summed E-state index contributed by atoms with van der Waals surface area (Å²) in [6.45, 7) is 5.12. The zero-order valence-corrected chi connectivity index (χ0v) is 13.1. The lowest BCUT2D eigenvalue weighted by molar-refractivity contribution is -0.118. The quantitative estimate of drug-likeness (QED) is 0.860. The van der Waals surface area contributed by atoms with Crippen LogP contribution in [0.25, 0.3) is 0 Å². The third-order valence-electron chi connectivity index (χ3n) is 3.40. The number of carbonyl (C=O) groups excluding carboxylic acids is 2. The molecule has 116 valence electrons. The third kappa shape index (κ3) is 3.52. The van der Waals surface area contributed by atoms with Gasteiger partial charge < -0.3 is 10.1 Å². The van der Waals surface area contributed by atoms with E-state index >= 15 is 0 Å². The van der Waals surface area contributed by atoms with Crippen LogP contribution < -0.4 is 10.1 Å². The standard InChI is InChI=1S/C16H19N3O3/c1-10-16(11(2)19(4)18-10)17-15(21)9-22-14-7-5-13(6-8-14)12(3)20/h5-8H,9H2,1-4H3,(H,17,21). The Labute approximate surface area is 129 Å². The number of aromatic nitrogens is 2. The summed E-state index contributed by atoms with van der Waals surface area (Å²) >= 11 is 0. The summed E-state index contributed by atoms with van der Waals surface area (Å²) in [5, 5.41) is 7.04. The van der Waals surface area contributed by atoms with Gasteiger partial charge in [-0.15, -0.1) is 0 Å². The van der Waals surface area contributed by atoms with E-state index in [0.29, 0.717) is 17.0 Å². The number of benzene rings is 1. The number of hydrogen-bond acceptors (Lipinski definition) is 4. The molecule has 0 unspecified atom stereocenters. The number of aryl methyl sites for hydroxylation is 2. The number of Topliss-reactive ketones (excluding diaryl/α,β-unsaturated/α-hetero) is 1. The van der Waals surface area contributed by atoms with Crippen LogP contribution in [0.15, 0.2) is 24.3 Å². The minimum absolute atomic E-state index is 0.00757. The first kappa shape index (κ1) is 15.8. The van der Waals surface area contributed by atoms with Crippen LogP contribution in [0.3, 0.4) is 0 Å². The fraction of sp³-hybridized carbons (Fsp3) is 0.312. The highest BCUT2D eigenvalue weighted by Crippen LogP contribution is 2.18. The normalized spacial score (nSPS) is 10.4. The Morgan fingerprint density at radius 2 is 1.86 bits per heavy atom. The molecule has 0 atom stereocenters. The smallest absolute Gasteiger partial charge is 0.262 e. The molecule has 1 heterocycles. The minimum atomic E-state index is -0.255. The van der Waals surface area contributed by atoms with Crippen molar-refractivity contribution in [3.05, 3.63) is 41.2 Å². The lowest BCUT2D eigenvalue weighted by atomic mass is 10.1. The molecule has 1 aromatic carbocycles. The average Bonchev–Trinajstić information content (AvgIpc) is 2.72. The molecule has 1 amide bonds. The molecule has 0 aliphatic heterocycles. The lowest BCUT2D eigenvalue weighted by Crippen LogP contribution is -2.20. The van der Waals surface area contributed by atoms with Gasteiger partial charge in [-0.3, -0.25) is 14.3 Å². The first-order chi connectivity index (χ1) is 10.4. The fourth-order valence-electron chi connectivity index (χ4n) is 2.06. The van der Waals surface area contributed by atoms with E-state index in [9.17, 15) is 9.59 Å². The van der Waals surface area contributed by atoms with Crippen molar-refractivity contribution in [1.29, 1.82) is 0 Å². The summed E-state index contributed by atoms with van der Waals surface area (Å²) in [6.07, 6.45) is 0. The molecular weight excluding hydrogens is 282 g/mol. The summed E-state index contributed by atoms with van der Waals surface area (Å²) in [5.74, 6) is 0.279. The van der Waals surface area contributed by atoms with E-state index in [-0.39, 0.29) is 18.3 Å². The van der Waals surface area contributed by atoms with E-state index in [1.165, 1.54) is 6.92 Å².